The molecule has 3 aromatic rings. The SMILES string of the molecule is CC(CNC(=O)c1cc(-c2cccnc2)c2cnccc2n1)N1CCOCC1. The molecule has 1 aliphatic rings. The fourth-order valence-electron chi connectivity index (χ4n) is 3.42. The average molecular weight is 377 g/mol. The summed E-state index contributed by atoms with van der Waals surface area (Å²) < 4.78 is 5.39. The van der Waals surface area contributed by atoms with E-state index >= 15 is 0 Å². The van der Waals surface area contributed by atoms with Gasteiger partial charge in [-0.2, -0.15) is 0 Å². The number of amides is 1. The van der Waals surface area contributed by atoms with Crippen LogP contribution in [0.3, 0.4) is 0 Å². The highest BCUT2D eigenvalue weighted by Crippen LogP contribution is 2.27. The Bertz CT molecular complexity index is 957. The van der Waals surface area contributed by atoms with Crippen LogP contribution in [0.4, 0.5) is 0 Å². The second kappa shape index (κ2) is 8.41. The van der Waals surface area contributed by atoms with Crippen LogP contribution in [-0.2, 0) is 4.74 Å². The Kier molecular flexibility index (Phi) is 5.55. The summed E-state index contributed by atoms with van der Waals surface area (Å²) in [6.45, 7) is 5.95. The summed E-state index contributed by atoms with van der Waals surface area (Å²) in [5.74, 6) is -0.177. The van der Waals surface area contributed by atoms with Crippen molar-refractivity contribution in [3.63, 3.8) is 0 Å². The third-order valence-electron chi connectivity index (χ3n) is 5.04. The van der Waals surface area contributed by atoms with Crippen LogP contribution in [0, 0.1) is 0 Å². The topological polar surface area (TPSA) is 80.2 Å². The fraction of sp³-hybridized carbons (Fsp3) is 0.333. The van der Waals surface area contributed by atoms with Crippen molar-refractivity contribution >= 4 is 16.8 Å². The van der Waals surface area contributed by atoms with Crippen molar-refractivity contribution in [3.8, 4) is 11.1 Å². The first-order valence-electron chi connectivity index (χ1n) is 9.47. The number of pyridine rings is 3. The van der Waals surface area contributed by atoms with Gasteiger partial charge in [0, 0.05) is 61.4 Å². The summed E-state index contributed by atoms with van der Waals surface area (Å²) in [7, 11) is 0. The minimum Gasteiger partial charge on any atom is -0.379 e. The first kappa shape index (κ1) is 18.5. The first-order chi connectivity index (χ1) is 13.7. The molecule has 0 radical (unpaired) electrons. The maximum absolute atomic E-state index is 12.8. The van der Waals surface area contributed by atoms with Crippen molar-refractivity contribution in [2.24, 2.45) is 0 Å². The minimum atomic E-state index is -0.177. The lowest BCUT2D eigenvalue weighted by Gasteiger charge is -2.32. The number of aromatic nitrogens is 3. The number of hydrogen-bond donors (Lipinski definition) is 1. The summed E-state index contributed by atoms with van der Waals surface area (Å²) in [4.78, 5) is 28.1. The van der Waals surface area contributed by atoms with Gasteiger partial charge in [-0.05, 0) is 30.7 Å². The van der Waals surface area contributed by atoms with E-state index in [9.17, 15) is 4.79 Å². The number of ether oxygens (including phenoxy) is 1. The van der Waals surface area contributed by atoms with Crippen LogP contribution < -0.4 is 5.32 Å². The van der Waals surface area contributed by atoms with E-state index in [1.165, 1.54) is 0 Å². The molecule has 1 fully saturated rings. The van der Waals surface area contributed by atoms with E-state index < -0.39 is 0 Å². The second-order valence-corrected chi connectivity index (χ2v) is 6.90. The zero-order valence-electron chi connectivity index (χ0n) is 15.8. The van der Waals surface area contributed by atoms with Gasteiger partial charge in [0.1, 0.15) is 5.69 Å². The minimum absolute atomic E-state index is 0.177. The van der Waals surface area contributed by atoms with Gasteiger partial charge in [-0.25, -0.2) is 4.98 Å². The summed E-state index contributed by atoms with van der Waals surface area (Å²) in [6, 6.07) is 7.73. The van der Waals surface area contributed by atoms with Gasteiger partial charge in [-0.3, -0.25) is 19.7 Å². The summed E-state index contributed by atoms with van der Waals surface area (Å²) in [5, 5.41) is 3.92. The van der Waals surface area contributed by atoms with E-state index in [1.54, 1.807) is 24.8 Å². The number of rotatable bonds is 5. The van der Waals surface area contributed by atoms with Crippen LogP contribution in [-0.4, -0.2) is 64.6 Å². The zero-order chi connectivity index (χ0) is 19.3. The molecule has 7 heteroatoms. The number of carbonyl (C=O) groups is 1. The van der Waals surface area contributed by atoms with E-state index in [0.717, 1.165) is 48.3 Å². The Balaban J connectivity index is 1.57. The number of carbonyl (C=O) groups excluding carboxylic acids is 1. The van der Waals surface area contributed by atoms with Crippen LogP contribution in [0.15, 0.2) is 49.1 Å². The second-order valence-electron chi connectivity index (χ2n) is 6.90. The van der Waals surface area contributed by atoms with Crippen molar-refractivity contribution in [2.75, 3.05) is 32.8 Å². The molecule has 28 heavy (non-hydrogen) atoms. The van der Waals surface area contributed by atoms with Crippen molar-refractivity contribution in [2.45, 2.75) is 13.0 Å². The molecule has 3 aromatic heterocycles. The van der Waals surface area contributed by atoms with E-state index in [0.29, 0.717) is 12.2 Å². The van der Waals surface area contributed by atoms with E-state index in [1.807, 2.05) is 24.3 Å². The van der Waals surface area contributed by atoms with Gasteiger partial charge in [0.25, 0.3) is 5.91 Å². The maximum atomic E-state index is 12.8. The molecule has 1 aliphatic heterocycles. The number of fused-ring (bicyclic) bond motifs is 1. The molecule has 0 aromatic carbocycles. The molecule has 7 nitrogen and oxygen atoms in total. The molecular weight excluding hydrogens is 354 g/mol. The third-order valence-corrected chi connectivity index (χ3v) is 5.04. The van der Waals surface area contributed by atoms with Gasteiger partial charge in [0.05, 0.1) is 18.7 Å². The predicted molar refractivity (Wildman–Crippen MR) is 107 cm³/mol. The quantitative estimate of drug-likeness (QED) is 0.734. The van der Waals surface area contributed by atoms with Crippen molar-refractivity contribution in [1.82, 2.24) is 25.2 Å². The first-order valence-corrected chi connectivity index (χ1v) is 9.47. The average Bonchev–Trinajstić information content (AvgIpc) is 2.77. The monoisotopic (exact) mass is 377 g/mol. The lowest BCUT2D eigenvalue weighted by Crippen LogP contribution is -2.47. The Hall–Kier alpha value is -2.90. The molecule has 4 heterocycles. The smallest absolute Gasteiger partial charge is 0.269 e. The van der Waals surface area contributed by atoms with Crippen LogP contribution in [0.1, 0.15) is 17.4 Å². The third kappa shape index (κ3) is 4.00. The molecule has 1 N–H and O–H groups in total. The summed E-state index contributed by atoms with van der Waals surface area (Å²) >= 11 is 0. The number of nitrogens with zero attached hydrogens (tertiary/aromatic N) is 4. The molecule has 0 bridgehead atoms. The number of morpholine rings is 1. The molecule has 1 unspecified atom stereocenters. The molecular formula is C21H23N5O2. The van der Waals surface area contributed by atoms with Crippen LogP contribution >= 0.6 is 0 Å². The lowest BCUT2D eigenvalue weighted by atomic mass is 10.0. The molecule has 1 saturated heterocycles. The van der Waals surface area contributed by atoms with Gasteiger partial charge in [-0.1, -0.05) is 6.07 Å². The Morgan fingerprint density at radius 3 is 2.82 bits per heavy atom. The number of nitrogens with one attached hydrogen (secondary N) is 1. The Morgan fingerprint density at radius 1 is 1.21 bits per heavy atom. The Labute approximate surface area is 163 Å². The van der Waals surface area contributed by atoms with Gasteiger partial charge in [0.2, 0.25) is 0 Å². The van der Waals surface area contributed by atoms with E-state index in [2.05, 4.69) is 32.1 Å². The molecule has 0 spiro atoms. The van der Waals surface area contributed by atoms with Crippen LogP contribution in [0.2, 0.25) is 0 Å². The highest BCUT2D eigenvalue weighted by molar-refractivity contribution is 6.00. The standard InChI is InChI=1S/C21H23N5O2/c1-15(26-7-9-28-10-8-26)12-24-21(27)20-11-17(16-3-2-5-22-13-16)18-14-23-6-4-19(18)25-20/h2-6,11,13-15H,7-10,12H2,1H3,(H,24,27). The Morgan fingerprint density at radius 2 is 2.04 bits per heavy atom. The zero-order valence-corrected chi connectivity index (χ0v) is 15.8. The summed E-state index contributed by atoms with van der Waals surface area (Å²) in [6.07, 6.45) is 6.97. The van der Waals surface area contributed by atoms with Crippen LogP contribution in [0.25, 0.3) is 22.0 Å². The number of hydrogen-bond acceptors (Lipinski definition) is 6. The van der Waals surface area contributed by atoms with E-state index in [4.69, 9.17) is 4.74 Å². The highest BCUT2D eigenvalue weighted by Gasteiger charge is 2.19. The maximum Gasteiger partial charge on any atom is 0.269 e. The van der Waals surface area contributed by atoms with E-state index in [-0.39, 0.29) is 11.9 Å². The van der Waals surface area contributed by atoms with Gasteiger partial charge < -0.3 is 10.1 Å². The molecule has 4 rings (SSSR count). The molecule has 1 atom stereocenters. The predicted octanol–water partition coefficient (Wildman–Crippen LogP) is 2.14. The largest absolute Gasteiger partial charge is 0.379 e. The van der Waals surface area contributed by atoms with Gasteiger partial charge in [0.15, 0.2) is 0 Å². The normalized spacial score (nSPS) is 16.0. The summed E-state index contributed by atoms with van der Waals surface area (Å²) in [5.41, 5.74) is 2.96. The molecule has 144 valence electrons. The highest BCUT2D eigenvalue weighted by atomic mass is 16.5. The van der Waals surface area contributed by atoms with Gasteiger partial charge in [-0.15, -0.1) is 0 Å². The van der Waals surface area contributed by atoms with Crippen molar-refractivity contribution in [3.05, 3.63) is 54.7 Å². The van der Waals surface area contributed by atoms with Gasteiger partial charge >= 0.3 is 0 Å². The van der Waals surface area contributed by atoms with Crippen LogP contribution in [0.5, 0.6) is 0 Å². The van der Waals surface area contributed by atoms with Crippen molar-refractivity contribution < 1.29 is 9.53 Å². The molecule has 0 aliphatic carbocycles. The van der Waals surface area contributed by atoms with Crippen molar-refractivity contribution in [1.29, 1.82) is 0 Å². The molecule has 0 saturated carbocycles. The fourth-order valence-corrected chi connectivity index (χ4v) is 3.42. The molecule has 1 amide bonds. The lowest BCUT2D eigenvalue weighted by molar-refractivity contribution is 0.0204.